The van der Waals surface area contributed by atoms with Crippen molar-refractivity contribution < 1.29 is 24.4 Å². The molecular weight excluding hydrogens is 169 g/mol. The molecule has 12 heavy (non-hydrogen) atoms. The maximum absolute atomic E-state index is 12.6. The third kappa shape index (κ3) is 1.57. The lowest BCUT2D eigenvalue weighted by Gasteiger charge is -2.36. The van der Waals surface area contributed by atoms with E-state index in [1.165, 1.54) is 0 Å². The minimum atomic E-state index is -1.99. The van der Waals surface area contributed by atoms with Crippen LogP contribution in [0.1, 0.15) is 0 Å². The Morgan fingerprint density at radius 3 is 2.25 bits per heavy atom. The Bertz CT molecular complexity index is 154. The molecular formula is C6H12FNO4. The number of hydrogen-bond acceptors (Lipinski definition) is 5. The Kier molecular flexibility index (Phi) is 2.97. The van der Waals surface area contributed by atoms with E-state index >= 15 is 0 Å². The third-order valence-corrected chi connectivity index (χ3v) is 1.89. The summed E-state index contributed by atoms with van der Waals surface area (Å²) >= 11 is 0. The van der Waals surface area contributed by atoms with E-state index in [2.05, 4.69) is 4.74 Å². The molecule has 0 saturated carbocycles. The van der Waals surface area contributed by atoms with E-state index in [0.717, 1.165) is 0 Å². The van der Waals surface area contributed by atoms with Crippen molar-refractivity contribution in [2.45, 2.75) is 30.8 Å². The molecule has 0 radical (unpaired) electrons. The average Bonchev–Trinajstić information content (AvgIpc) is 2.08. The summed E-state index contributed by atoms with van der Waals surface area (Å²) in [6, 6.07) is 0. The highest BCUT2D eigenvalue weighted by Crippen LogP contribution is 2.20. The SMILES string of the molecule is NC[C@H]1O[C@H](F)[C@H](O)[C@@H](O)[C@@H]1O. The van der Waals surface area contributed by atoms with Gasteiger partial charge in [0.15, 0.2) is 0 Å². The van der Waals surface area contributed by atoms with Crippen molar-refractivity contribution in [1.29, 1.82) is 0 Å². The van der Waals surface area contributed by atoms with E-state index in [9.17, 15) is 4.39 Å². The molecule has 0 amide bonds. The summed E-state index contributed by atoms with van der Waals surface area (Å²) in [4.78, 5) is 0. The van der Waals surface area contributed by atoms with Crippen molar-refractivity contribution in [2.75, 3.05) is 6.54 Å². The number of nitrogens with two attached hydrogens (primary N) is 1. The van der Waals surface area contributed by atoms with Gasteiger partial charge in [-0.1, -0.05) is 0 Å². The van der Waals surface area contributed by atoms with Crippen LogP contribution in [0.5, 0.6) is 0 Å². The highest BCUT2D eigenvalue weighted by atomic mass is 19.1. The lowest BCUT2D eigenvalue weighted by Crippen LogP contribution is -2.58. The van der Waals surface area contributed by atoms with Crippen LogP contribution in [0.3, 0.4) is 0 Å². The predicted molar refractivity (Wildman–Crippen MR) is 36.8 cm³/mol. The second-order valence-corrected chi connectivity index (χ2v) is 2.73. The first kappa shape index (κ1) is 9.82. The smallest absolute Gasteiger partial charge is 0.228 e. The minimum Gasteiger partial charge on any atom is -0.388 e. The molecule has 0 unspecified atom stereocenters. The molecule has 1 saturated heterocycles. The van der Waals surface area contributed by atoms with Gasteiger partial charge in [-0.15, -0.1) is 0 Å². The number of aliphatic hydroxyl groups is 3. The average molecular weight is 181 g/mol. The van der Waals surface area contributed by atoms with Crippen molar-refractivity contribution in [2.24, 2.45) is 5.73 Å². The zero-order chi connectivity index (χ0) is 9.30. The van der Waals surface area contributed by atoms with E-state index in [1.54, 1.807) is 0 Å². The summed E-state index contributed by atoms with van der Waals surface area (Å²) < 4.78 is 17.1. The standard InChI is InChI=1S/C6H12FNO4/c7-6-5(11)4(10)3(9)2(1-8)12-6/h2-6,9-11H,1,8H2/t2-,3-,4+,5-,6+/m1/s1. The van der Waals surface area contributed by atoms with Gasteiger partial charge >= 0.3 is 0 Å². The van der Waals surface area contributed by atoms with Gasteiger partial charge in [-0.3, -0.25) is 0 Å². The van der Waals surface area contributed by atoms with Crippen LogP contribution in [-0.4, -0.2) is 52.6 Å². The number of halogens is 1. The number of rotatable bonds is 1. The first-order chi connectivity index (χ1) is 5.57. The van der Waals surface area contributed by atoms with Gasteiger partial charge in [0.1, 0.15) is 24.4 Å². The van der Waals surface area contributed by atoms with Crippen LogP contribution in [0.15, 0.2) is 0 Å². The van der Waals surface area contributed by atoms with Crippen LogP contribution in [0.4, 0.5) is 4.39 Å². The summed E-state index contributed by atoms with van der Waals surface area (Å²) in [5, 5.41) is 27.1. The molecule has 0 bridgehead atoms. The van der Waals surface area contributed by atoms with Gasteiger partial charge in [0, 0.05) is 6.54 Å². The summed E-state index contributed by atoms with van der Waals surface area (Å²) in [6.45, 7) is -0.106. The van der Waals surface area contributed by atoms with Crippen LogP contribution in [0.2, 0.25) is 0 Å². The third-order valence-electron chi connectivity index (χ3n) is 1.89. The van der Waals surface area contributed by atoms with Crippen LogP contribution in [0, 0.1) is 0 Å². The first-order valence-corrected chi connectivity index (χ1v) is 3.61. The van der Waals surface area contributed by atoms with Crippen molar-refractivity contribution in [3.8, 4) is 0 Å². The van der Waals surface area contributed by atoms with Gasteiger partial charge in [0.25, 0.3) is 0 Å². The minimum absolute atomic E-state index is 0.106. The highest BCUT2D eigenvalue weighted by Gasteiger charge is 2.43. The number of aliphatic hydroxyl groups excluding tert-OH is 3. The van der Waals surface area contributed by atoms with E-state index in [0.29, 0.717) is 0 Å². The second-order valence-electron chi connectivity index (χ2n) is 2.73. The molecule has 6 heteroatoms. The maximum Gasteiger partial charge on any atom is 0.228 e. The highest BCUT2D eigenvalue weighted by molar-refractivity contribution is 4.88. The lowest BCUT2D eigenvalue weighted by atomic mass is 10.00. The van der Waals surface area contributed by atoms with Gasteiger partial charge in [0.05, 0.1) is 0 Å². The van der Waals surface area contributed by atoms with Gasteiger partial charge in [-0.05, 0) is 0 Å². The molecule has 1 heterocycles. The number of alkyl halides is 1. The molecule has 1 fully saturated rings. The Morgan fingerprint density at radius 2 is 1.75 bits per heavy atom. The molecule has 0 aromatic rings. The van der Waals surface area contributed by atoms with Crippen molar-refractivity contribution in [1.82, 2.24) is 0 Å². The number of ether oxygens (including phenoxy) is 1. The lowest BCUT2D eigenvalue weighted by molar-refractivity contribution is -0.254. The molecule has 5 atom stereocenters. The largest absolute Gasteiger partial charge is 0.388 e. The molecule has 1 aliphatic rings. The summed E-state index contributed by atoms with van der Waals surface area (Å²) in [7, 11) is 0. The van der Waals surface area contributed by atoms with Gasteiger partial charge < -0.3 is 25.8 Å². The van der Waals surface area contributed by atoms with Gasteiger partial charge in [-0.2, -0.15) is 0 Å². The van der Waals surface area contributed by atoms with Crippen LogP contribution in [0.25, 0.3) is 0 Å². The molecule has 5 N–H and O–H groups in total. The van der Waals surface area contributed by atoms with Gasteiger partial charge in [-0.25, -0.2) is 4.39 Å². The monoisotopic (exact) mass is 181 g/mol. The quantitative estimate of drug-likeness (QED) is 0.365. The Morgan fingerprint density at radius 1 is 1.17 bits per heavy atom. The summed E-state index contributed by atoms with van der Waals surface area (Å²) in [5.74, 6) is 0. The Labute approximate surface area is 68.6 Å². The van der Waals surface area contributed by atoms with E-state index in [-0.39, 0.29) is 6.54 Å². The normalized spacial score (nSPS) is 49.2. The molecule has 0 spiro atoms. The molecule has 1 aliphatic heterocycles. The Balaban J connectivity index is 2.63. The van der Waals surface area contributed by atoms with E-state index in [4.69, 9.17) is 21.1 Å². The van der Waals surface area contributed by atoms with Crippen LogP contribution < -0.4 is 5.73 Å². The molecule has 0 aromatic carbocycles. The molecule has 1 rings (SSSR count). The van der Waals surface area contributed by atoms with Crippen molar-refractivity contribution >= 4 is 0 Å². The molecule has 0 aliphatic carbocycles. The molecule has 0 aromatic heterocycles. The zero-order valence-electron chi connectivity index (χ0n) is 6.30. The van der Waals surface area contributed by atoms with E-state index in [1.807, 2.05) is 0 Å². The fourth-order valence-corrected chi connectivity index (χ4v) is 1.10. The Hall–Kier alpha value is -0.270. The summed E-state index contributed by atoms with van der Waals surface area (Å²) in [6.07, 6.45) is -7.53. The summed E-state index contributed by atoms with van der Waals surface area (Å²) in [5.41, 5.74) is 5.12. The fraction of sp³-hybridized carbons (Fsp3) is 1.00. The second kappa shape index (κ2) is 3.63. The van der Waals surface area contributed by atoms with Crippen molar-refractivity contribution in [3.05, 3.63) is 0 Å². The van der Waals surface area contributed by atoms with Crippen LogP contribution >= 0.6 is 0 Å². The zero-order valence-corrected chi connectivity index (χ0v) is 6.30. The number of hydrogen-bond donors (Lipinski definition) is 4. The van der Waals surface area contributed by atoms with Crippen molar-refractivity contribution in [3.63, 3.8) is 0 Å². The van der Waals surface area contributed by atoms with E-state index < -0.39 is 30.8 Å². The first-order valence-electron chi connectivity index (χ1n) is 3.61. The van der Waals surface area contributed by atoms with Crippen LogP contribution in [-0.2, 0) is 4.74 Å². The fourth-order valence-electron chi connectivity index (χ4n) is 1.10. The maximum atomic E-state index is 12.6. The topological polar surface area (TPSA) is 95.9 Å². The predicted octanol–water partition coefficient (Wildman–Crippen LogP) is -2.28. The molecule has 5 nitrogen and oxygen atoms in total. The van der Waals surface area contributed by atoms with Gasteiger partial charge in [0.2, 0.25) is 6.36 Å². The molecule has 72 valence electrons.